The molecule has 6 heteroatoms. The van der Waals surface area contributed by atoms with Crippen molar-refractivity contribution in [2.45, 2.75) is 51.9 Å². The molecule has 0 N–H and O–H groups in total. The van der Waals surface area contributed by atoms with Gasteiger partial charge in [0.05, 0.1) is 22.9 Å². The first-order valence-corrected chi connectivity index (χ1v) is 8.62. The van der Waals surface area contributed by atoms with Crippen LogP contribution in [-0.2, 0) is 6.18 Å². The first kappa shape index (κ1) is 18.4. The number of aromatic nitrogens is 1. The lowest BCUT2D eigenvalue weighted by Gasteiger charge is -2.30. The highest BCUT2D eigenvalue weighted by molar-refractivity contribution is 5.96. The molecule has 1 aliphatic carbocycles. The molecule has 0 spiro atoms. The lowest BCUT2D eigenvalue weighted by Crippen LogP contribution is -2.36. The second-order valence-electron chi connectivity index (χ2n) is 6.83. The smallest absolute Gasteiger partial charge is 0.329 e. The van der Waals surface area contributed by atoms with Crippen molar-refractivity contribution in [1.82, 2.24) is 9.88 Å². The van der Waals surface area contributed by atoms with Crippen molar-refractivity contribution in [3.63, 3.8) is 0 Å². The molecule has 26 heavy (non-hydrogen) atoms. The summed E-state index contributed by atoms with van der Waals surface area (Å²) in [5.74, 6) is -0.178. The Kier molecular flexibility index (Phi) is 4.78. The largest absolute Gasteiger partial charge is 0.416 e. The van der Waals surface area contributed by atoms with Crippen molar-refractivity contribution < 1.29 is 18.0 Å². The molecule has 138 valence electrons. The van der Waals surface area contributed by atoms with E-state index in [1.165, 1.54) is 6.07 Å². The van der Waals surface area contributed by atoms with E-state index in [0.29, 0.717) is 16.8 Å². The van der Waals surface area contributed by atoms with E-state index >= 15 is 0 Å². The zero-order chi connectivity index (χ0) is 19.1. The molecule has 1 atom stereocenters. The lowest BCUT2D eigenvalue weighted by molar-refractivity contribution is -0.137. The van der Waals surface area contributed by atoms with Gasteiger partial charge in [-0.3, -0.25) is 9.78 Å². The minimum absolute atomic E-state index is 0.0627. The van der Waals surface area contributed by atoms with Crippen molar-refractivity contribution in [3.05, 3.63) is 64.5 Å². The van der Waals surface area contributed by atoms with E-state index in [1.54, 1.807) is 36.9 Å². The molecular formula is C20H21F3N2O. The first-order valence-electron chi connectivity index (χ1n) is 8.62. The van der Waals surface area contributed by atoms with E-state index in [9.17, 15) is 18.0 Å². The average molecular weight is 362 g/mol. The van der Waals surface area contributed by atoms with Crippen LogP contribution in [-0.4, -0.2) is 21.8 Å². The maximum Gasteiger partial charge on any atom is 0.416 e. The molecule has 1 unspecified atom stereocenters. The fraction of sp³-hybridized carbons (Fsp3) is 0.400. The third-order valence-electron chi connectivity index (χ3n) is 4.74. The predicted molar refractivity (Wildman–Crippen MR) is 92.8 cm³/mol. The molecule has 1 fully saturated rings. The SMILES string of the molecule is Cc1ccc(C(=O)N(C2CC2)C(C)c2cccc(C(F)(F)F)c2)c(C)n1. The van der Waals surface area contributed by atoms with Gasteiger partial charge in [0.1, 0.15) is 0 Å². The number of hydrogen-bond donors (Lipinski definition) is 0. The van der Waals surface area contributed by atoms with Gasteiger partial charge in [0.2, 0.25) is 0 Å². The summed E-state index contributed by atoms with van der Waals surface area (Å²) in [5, 5.41) is 0. The number of benzene rings is 1. The van der Waals surface area contributed by atoms with Gasteiger partial charge in [-0.2, -0.15) is 13.2 Å². The van der Waals surface area contributed by atoms with Gasteiger partial charge in [0.25, 0.3) is 5.91 Å². The molecule has 0 saturated heterocycles. The van der Waals surface area contributed by atoms with Crippen LogP contribution in [0.1, 0.15) is 58.7 Å². The Labute approximate surface area is 150 Å². The van der Waals surface area contributed by atoms with Gasteiger partial charge >= 0.3 is 6.18 Å². The van der Waals surface area contributed by atoms with Gasteiger partial charge in [0, 0.05) is 11.7 Å². The summed E-state index contributed by atoms with van der Waals surface area (Å²) in [6.45, 7) is 5.41. The summed E-state index contributed by atoms with van der Waals surface area (Å²) in [7, 11) is 0. The maximum absolute atomic E-state index is 13.1. The summed E-state index contributed by atoms with van der Waals surface area (Å²) in [5.41, 5.74) is 1.75. The van der Waals surface area contributed by atoms with Gasteiger partial charge in [-0.05, 0) is 63.4 Å². The molecule has 0 bridgehead atoms. The fourth-order valence-corrected chi connectivity index (χ4v) is 3.20. The first-order chi connectivity index (χ1) is 12.2. The molecule has 1 aromatic heterocycles. The van der Waals surface area contributed by atoms with Gasteiger partial charge in [0.15, 0.2) is 0 Å². The Balaban J connectivity index is 1.94. The number of carbonyl (C=O) groups excluding carboxylic acids is 1. The van der Waals surface area contributed by atoms with Crippen molar-refractivity contribution in [1.29, 1.82) is 0 Å². The monoisotopic (exact) mass is 362 g/mol. The van der Waals surface area contributed by atoms with Crippen LogP contribution in [0.25, 0.3) is 0 Å². The number of halogens is 3. The zero-order valence-electron chi connectivity index (χ0n) is 15.0. The molecular weight excluding hydrogens is 341 g/mol. The summed E-state index contributed by atoms with van der Waals surface area (Å²) in [6, 6.07) is 8.35. The van der Waals surface area contributed by atoms with Crippen molar-refractivity contribution in [3.8, 4) is 0 Å². The molecule has 0 aliphatic heterocycles. The molecule has 1 saturated carbocycles. The van der Waals surface area contributed by atoms with Crippen LogP contribution in [0.4, 0.5) is 13.2 Å². The van der Waals surface area contributed by atoms with Crippen molar-refractivity contribution in [2.75, 3.05) is 0 Å². The van der Waals surface area contributed by atoms with E-state index in [4.69, 9.17) is 0 Å². The standard InChI is InChI=1S/C20H21F3N2O/c1-12-7-10-18(13(2)24-12)19(26)25(17-8-9-17)14(3)15-5-4-6-16(11-15)20(21,22)23/h4-7,10-11,14,17H,8-9H2,1-3H3. The number of hydrogen-bond acceptors (Lipinski definition) is 2. The second-order valence-corrected chi connectivity index (χ2v) is 6.83. The fourth-order valence-electron chi connectivity index (χ4n) is 3.20. The lowest BCUT2D eigenvalue weighted by atomic mass is 10.0. The summed E-state index contributed by atoms with van der Waals surface area (Å²) in [6.07, 6.45) is -2.66. The predicted octanol–water partition coefficient (Wildman–Crippen LogP) is 5.08. The third-order valence-corrected chi connectivity index (χ3v) is 4.74. The summed E-state index contributed by atoms with van der Waals surface area (Å²) < 4.78 is 39.1. The highest BCUT2D eigenvalue weighted by atomic mass is 19.4. The van der Waals surface area contributed by atoms with Crippen LogP contribution in [0.5, 0.6) is 0 Å². The maximum atomic E-state index is 13.1. The average Bonchev–Trinajstić information content (AvgIpc) is 3.39. The number of pyridine rings is 1. The molecule has 3 nitrogen and oxygen atoms in total. The molecule has 3 rings (SSSR count). The van der Waals surface area contributed by atoms with E-state index < -0.39 is 17.8 Å². The number of aryl methyl sites for hydroxylation is 2. The Bertz CT molecular complexity index is 828. The molecule has 2 aromatic rings. The van der Waals surface area contributed by atoms with E-state index in [-0.39, 0.29) is 11.9 Å². The Morgan fingerprint density at radius 1 is 1.19 bits per heavy atom. The molecule has 1 amide bonds. The molecule has 0 radical (unpaired) electrons. The number of carbonyl (C=O) groups is 1. The van der Waals surface area contributed by atoms with Gasteiger partial charge < -0.3 is 4.90 Å². The van der Waals surface area contributed by atoms with E-state index in [0.717, 1.165) is 30.7 Å². The van der Waals surface area contributed by atoms with Crippen LogP contribution in [0.2, 0.25) is 0 Å². The molecule has 1 aromatic carbocycles. The van der Waals surface area contributed by atoms with E-state index in [1.807, 2.05) is 6.92 Å². The highest BCUT2D eigenvalue weighted by Crippen LogP contribution is 2.37. The van der Waals surface area contributed by atoms with Gasteiger partial charge in [-0.15, -0.1) is 0 Å². The Hall–Kier alpha value is -2.37. The van der Waals surface area contributed by atoms with Crippen molar-refractivity contribution >= 4 is 5.91 Å². The topological polar surface area (TPSA) is 33.2 Å². The van der Waals surface area contributed by atoms with Crippen LogP contribution in [0.3, 0.4) is 0 Å². The quantitative estimate of drug-likeness (QED) is 0.760. The number of nitrogens with zero attached hydrogens (tertiary/aromatic N) is 2. The minimum atomic E-state index is -4.40. The Morgan fingerprint density at radius 2 is 1.88 bits per heavy atom. The summed E-state index contributed by atoms with van der Waals surface area (Å²) >= 11 is 0. The number of amides is 1. The van der Waals surface area contributed by atoms with E-state index in [2.05, 4.69) is 4.98 Å². The van der Waals surface area contributed by atoms with Crippen LogP contribution in [0.15, 0.2) is 36.4 Å². The van der Waals surface area contributed by atoms with Crippen molar-refractivity contribution in [2.24, 2.45) is 0 Å². The second kappa shape index (κ2) is 6.74. The van der Waals surface area contributed by atoms with Crippen LogP contribution < -0.4 is 0 Å². The molecule has 1 heterocycles. The van der Waals surface area contributed by atoms with Crippen LogP contribution >= 0.6 is 0 Å². The van der Waals surface area contributed by atoms with Gasteiger partial charge in [-0.1, -0.05) is 12.1 Å². The molecule has 1 aliphatic rings. The minimum Gasteiger partial charge on any atom is -0.329 e. The van der Waals surface area contributed by atoms with Gasteiger partial charge in [-0.25, -0.2) is 0 Å². The normalized spacial score (nSPS) is 15.6. The third kappa shape index (κ3) is 3.74. The summed E-state index contributed by atoms with van der Waals surface area (Å²) in [4.78, 5) is 19.2. The highest BCUT2D eigenvalue weighted by Gasteiger charge is 2.38. The number of alkyl halides is 3. The number of rotatable bonds is 4. The van der Waals surface area contributed by atoms with Crippen LogP contribution in [0, 0.1) is 13.8 Å². The Morgan fingerprint density at radius 3 is 2.46 bits per heavy atom. The zero-order valence-corrected chi connectivity index (χ0v) is 15.0.